The van der Waals surface area contributed by atoms with Crippen LogP contribution in [0, 0.1) is 5.82 Å². The Morgan fingerprint density at radius 3 is 2.25 bits per heavy atom. The van der Waals surface area contributed by atoms with Crippen LogP contribution in [0.5, 0.6) is 0 Å². The van der Waals surface area contributed by atoms with E-state index in [2.05, 4.69) is 32.6 Å². The molecule has 1 nitrogen and oxygen atoms in total. The van der Waals surface area contributed by atoms with Gasteiger partial charge in [-0.25, -0.2) is 4.39 Å². The highest BCUT2D eigenvalue weighted by atomic mass is 19.1. The first kappa shape index (κ1) is 13.2. The van der Waals surface area contributed by atoms with E-state index >= 15 is 0 Å². The normalized spacial score (nSPS) is 11.4. The Hall–Kier alpha value is -0.890. The van der Waals surface area contributed by atoms with Crippen LogP contribution in [0.25, 0.3) is 0 Å². The second kappa shape index (κ2) is 6.00. The average molecular weight is 223 g/mol. The number of nitrogens with zero attached hydrogens (tertiary/aromatic N) is 1. The van der Waals surface area contributed by atoms with Gasteiger partial charge in [0.1, 0.15) is 5.82 Å². The summed E-state index contributed by atoms with van der Waals surface area (Å²) in [6.45, 7) is 11.0. The molecule has 0 aliphatic rings. The van der Waals surface area contributed by atoms with Gasteiger partial charge in [0.25, 0.3) is 0 Å². The van der Waals surface area contributed by atoms with Crippen molar-refractivity contribution in [1.82, 2.24) is 4.90 Å². The van der Waals surface area contributed by atoms with Crippen molar-refractivity contribution < 1.29 is 4.39 Å². The SMILES string of the molecule is CCN(CC)Cc1ccc(C(C)C)cc1F. The predicted molar refractivity (Wildman–Crippen MR) is 67.1 cm³/mol. The summed E-state index contributed by atoms with van der Waals surface area (Å²) in [6, 6.07) is 5.62. The Labute approximate surface area is 98.3 Å². The molecule has 0 unspecified atom stereocenters. The molecule has 0 amide bonds. The van der Waals surface area contributed by atoms with Crippen molar-refractivity contribution in [3.63, 3.8) is 0 Å². The van der Waals surface area contributed by atoms with Gasteiger partial charge in [-0.05, 0) is 30.6 Å². The van der Waals surface area contributed by atoms with E-state index in [1.165, 1.54) is 0 Å². The van der Waals surface area contributed by atoms with Gasteiger partial charge >= 0.3 is 0 Å². The van der Waals surface area contributed by atoms with E-state index < -0.39 is 0 Å². The van der Waals surface area contributed by atoms with Gasteiger partial charge in [0.05, 0.1) is 0 Å². The maximum Gasteiger partial charge on any atom is 0.127 e. The zero-order chi connectivity index (χ0) is 12.1. The maximum atomic E-state index is 13.8. The molecular weight excluding hydrogens is 201 g/mol. The van der Waals surface area contributed by atoms with Crippen LogP contribution in [-0.4, -0.2) is 18.0 Å². The fraction of sp³-hybridized carbons (Fsp3) is 0.571. The Morgan fingerprint density at radius 1 is 1.19 bits per heavy atom. The highest BCUT2D eigenvalue weighted by molar-refractivity contribution is 5.26. The summed E-state index contributed by atoms with van der Waals surface area (Å²) >= 11 is 0. The molecule has 1 aromatic carbocycles. The standard InChI is InChI=1S/C14H22FN/c1-5-16(6-2)10-13-8-7-12(11(3)4)9-14(13)15/h7-9,11H,5-6,10H2,1-4H3. The van der Waals surface area contributed by atoms with E-state index in [-0.39, 0.29) is 5.82 Å². The van der Waals surface area contributed by atoms with Gasteiger partial charge in [0, 0.05) is 12.1 Å². The van der Waals surface area contributed by atoms with Crippen molar-refractivity contribution in [2.75, 3.05) is 13.1 Å². The van der Waals surface area contributed by atoms with E-state index in [1.807, 2.05) is 12.1 Å². The lowest BCUT2D eigenvalue weighted by Gasteiger charge is -2.19. The smallest absolute Gasteiger partial charge is 0.127 e. The van der Waals surface area contributed by atoms with Crippen molar-refractivity contribution in [1.29, 1.82) is 0 Å². The summed E-state index contributed by atoms with van der Waals surface area (Å²) in [6.07, 6.45) is 0. The van der Waals surface area contributed by atoms with E-state index in [4.69, 9.17) is 0 Å². The molecule has 0 aromatic heterocycles. The predicted octanol–water partition coefficient (Wildman–Crippen LogP) is 3.79. The maximum absolute atomic E-state index is 13.8. The van der Waals surface area contributed by atoms with Crippen molar-refractivity contribution in [2.45, 2.75) is 40.2 Å². The molecule has 0 saturated carbocycles. The van der Waals surface area contributed by atoms with Gasteiger partial charge in [-0.1, -0.05) is 39.8 Å². The monoisotopic (exact) mass is 223 g/mol. The zero-order valence-corrected chi connectivity index (χ0v) is 10.8. The summed E-state index contributed by atoms with van der Waals surface area (Å²) in [5.41, 5.74) is 1.87. The lowest BCUT2D eigenvalue weighted by molar-refractivity contribution is 0.291. The number of hydrogen-bond donors (Lipinski definition) is 0. The lowest BCUT2D eigenvalue weighted by Crippen LogP contribution is -2.22. The van der Waals surface area contributed by atoms with E-state index in [0.717, 1.165) is 24.2 Å². The minimum absolute atomic E-state index is 0.0712. The molecule has 0 spiro atoms. The Kier molecular flexibility index (Phi) is 4.94. The van der Waals surface area contributed by atoms with Crippen LogP contribution in [0.4, 0.5) is 4.39 Å². The average Bonchev–Trinajstić information content (AvgIpc) is 2.27. The molecule has 2 heteroatoms. The van der Waals surface area contributed by atoms with E-state index in [1.54, 1.807) is 6.07 Å². The Morgan fingerprint density at radius 2 is 1.81 bits per heavy atom. The van der Waals surface area contributed by atoms with Crippen molar-refractivity contribution in [3.8, 4) is 0 Å². The molecule has 0 atom stereocenters. The molecule has 90 valence electrons. The minimum atomic E-state index is -0.0712. The second-order valence-electron chi connectivity index (χ2n) is 4.47. The molecular formula is C14H22FN. The van der Waals surface area contributed by atoms with Crippen LogP contribution in [0.3, 0.4) is 0 Å². The fourth-order valence-corrected chi connectivity index (χ4v) is 1.74. The van der Waals surface area contributed by atoms with Gasteiger partial charge in [-0.2, -0.15) is 0 Å². The molecule has 0 bridgehead atoms. The highest BCUT2D eigenvalue weighted by Gasteiger charge is 2.08. The number of benzene rings is 1. The van der Waals surface area contributed by atoms with Crippen molar-refractivity contribution >= 4 is 0 Å². The third-order valence-electron chi connectivity index (χ3n) is 3.03. The zero-order valence-electron chi connectivity index (χ0n) is 10.8. The molecule has 0 radical (unpaired) electrons. The molecule has 0 heterocycles. The summed E-state index contributed by atoms with van der Waals surface area (Å²) < 4.78 is 13.8. The van der Waals surface area contributed by atoms with Crippen LogP contribution >= 0.6 is 0 Å². The molecule has 0 aliphatic carbocycles. The van der Waals surface area contributed by atoms with Gasteiger partial charge in [-0.3, -0.25) is 4.90 Å². The van der Waals surface area contributed by atoms with Crippen molar-refractivity contribution in [2.24, 2.45) is 0 Å². The third kappa shape index (κ3) is 3.31. The largest absolute Gasteiger partial charge is 0.300 e. The number of hydrogen-bond acceptors (Lipinski definition) is 1. The number of halogens is 1. The molecule has 0 aliphatic heterocycles. The quantitative estimate of drug-likeness (QED) is 0.734. The first-order valence-corrected chi connectivity index (χ1v) is 6.09. The Balaban J connectivity index is 2.82. The first-order chi connectivity index (χ1) is 7.58. The van der Waals surface area contributed by atoms with Gasteiger partial charge in [-0.15, -0.1) is 0 Å². The minimum Gasteiger partial charge on any atom is -0.300 e. The van der Waals surface area contributed by atoms with E-state index in [9.17, 15) is 4.39 Å². The molecule has 16 heavy (non-hydrogen) atoms. The van der Waals surface area contributed by atoms with Gasteiger partial charge in [0.2, 0.25) is 0 Å². The molecule has 0 fully saturated rings. The van der Waals surface area contributed by atoms with Crippen molar-refractivity contribution in [3.05, 3.63) is 35.1 Å². The first-order valence-electron chi connectivity index (χ1n) is 6.09. The van der Waals surface area contributed by atoms with Crippen LogP contribution in [0.1, 0.15) is 44.7 Å². The Bertz CT molecular complexity index is 330. The second-order valence-corrected chi connectivity index (χ2v) is 4.47. The molecule has 1 aromatic rings. The third-order valence-corrected chi connectivity index (χ3v) is 3.03. The summed E-state index contributed by atoms with van der Waals surface area (Å²) in [5.74, 6) is 0.315. The molecule has 0 saturated heterocycles. The summed E-state index contributed by atoms with van der Waals surface area (Å²) in [7, 11) is 0. The van der Waals surface area contributed by atoms with Crippen LogP contribution in [0.2, 0.25) is 0 Å². The molecule has 1 rings (SSSR count). The number of rotatable bonds is 5. The van der Waals surface area contributed by atoms with Gasteiger partial charge in [0.15, 0.2) is 0 Å². The molecule has 0 N–H and O–H groups in total. The fourth-order valence-electron chi connectivity index (χ4n) is 1.74. The lowest BCUT2D eigenvalue weighted by atomic mass is 10.0. The topological polar surface area (TPSA) is 3.24 Å². The van der Waals surface area contributed by atoms with Crippen LogP contribution in [0.15, 0.2) is 18.2 Å². The summed E-state index contributed by atoms with van der Waals surface area (Å²) in [5, 5.41) is 0. The van der Waals surface area contributed by atoms with Crippen LogP contribution < -0.4 is 0 Å². The highest BCUT2D eigenvalue weighted by Crippen LogP contribution is 2.18. The summed E-state index contributed by atoms with van der Waals surface area (Å²) in [4.78, 5) is 2.22. The van der Waals surface area contributed by atoms with Gasteiger partial charge < -0.3 is 0 Å². The van der Waals surface area contributed by atoms with Crippen LogP contribution in [-0.2, 0) is 6.54 Å². The van der Waals surface area contributed by atoms with E-state index in [0.29, 0.717) is 12.5 Å².